The lowest BCUT2D eigenvalue weighted by Gasteiger charge is -2.16. The van der Waals surface area contributed by atoms with Crippen LogP contribution in [0.3, 0.4) is 0 Å². The van der Waals surface area contributed by atoms with Gasteiger partial charge in [0.15, 0.2) is 6.61 Å². The van der Waals surface area contributed by atoms with Crippen molar-refractivity contribution in [1.82, 2.24) is 0 Å². The van der Waals surface area contributed by atoms with Gasteiger partial charge in [-0.15, -0.1) is 0 Å². The lowest BCUT2D eigenvalue weighted by Crippen LogP contribution is -2.17. The van der Waals surface area contributed by atoms with Gasteiger partial charge in [-0.05, 0) is 37.6 Å². The molecule has 0 unspecified atom stereocenters. The van der Waals surface area contributed by atoms with Gasteiger partial charge in [-0.3, -0.25) is 4.72 Å². The fourth-order valence-corrected chi connectivity index (χ4v) is 3.53. The van der Waals surface area contributed by atoms with E-state index in [1.807, 2.05) is 4.72 Å². The van der Waals surface area contributed by atoms with Crippen LogP contribution < -0.4 is 9.46 Å². The number of rotatable bonds is 6. The molecule has 0 fully saturated rings. The Bertz CT molecular complexity index is 928. The average Bonchev–Trinajstić information content (AvgIpc) is 2.50. The SMILES string of the molecule is Cc1ccc(S(=O)(=O)Nc2cc(F)ccc2F)c(C)c1OCC(=O)O. The summed E-state index contributed by atoms with van der Waals surface area (Å²) in [6, 6.07) is 5.09. The van der Waals surface area contributed by atoms with Gasteiger partial charge in [0.25, 0.3) is 10.0 Å². The van der Waals surface area contributed by atoms with E-state index in [1.54, 1.807) is 6.92 Å². The Balaban J connectivity index is 2.44. The first-order chi connectivity index (χ1) is 11.6. The van der Waals surface area contributed by atoms with E-state index in [0.29, 0.717) is 5.56 Å². The molecule has 0 bridgehead atoms. The summed E-state index contributed by atoms with van der Waals surface area (Å²) in [5, 5.41) is 8.70. The number of aliphatic carboxylic acids is 1. The molecule has 0 amide bonds. The summed E-state index contributed by atoms with van der Waals surface area (Å²) in [7, 11) is -4.25. The van der Waals surface area contributed by atoms with E-state index < -0.39 is 39.9 Å². The molecule has 0 aromatic heterocycles. The van der Waals surface area contributed by atoms with Crippen LogP contribution in [0.1, 0.15) is 11.1 Å². The molecule has 2 aromatic carbocycles. The lowest BCUT2D eigenvalue weighted by atomic mass is 10.1. The summed E-state index contributed by atoms with van der Waals surface area (Å²) in [6.07, 6.45) is 0. The minimum absolute atomic E-state index is 0.102. The Morgan fingerprint density at radius 2 is 1.88 bits per heavy atom. The molecule has 0 atom stereocenters. The molecular formula is C16H15F2NO5S. The second-order valence-electron chi connectivity index (χ2n) is 5.25. The molecule has 6 nitrogen and oxygen atoms in total. The molecule has 0 aliphatic heterocycles. The quantitative estimate of drug-likeness (QED) is 0.815. The van der Waals surface area contributed by atoms with Crippen molar-refractivity contribution in [2.75, 3.05) is 11.3 Å². The van der Waals surface area contributed by atoms with Gasteiger partial charge in [0.1, 0.15) is 17.4 Å². The zero-order valence-electron chi connectivity index (χ0n) is 13.3. The number of ether oxygens (including phenoxy) is 1. The first kappa shape index (κ1) is 18.7. The number of sulfonamides is 1. The van der Waals surface area contributed by atoms with Crippen molar-refractivity contribution in [2.45, 2.75) is 18.7 Å². The van der Waals surface area contributed by atoms with Gasteiger partial charge >= 0.3 is 5.97 Å². The number of halogens is 2. The van der Waals surface area contributed by atoms with Crippen molar-refractivity contribution in [2.24, 2.45) is 0 Å². The molecule has 2 N–H and O–H groups in total. The van der Waals surface area contributed by atoms with Crippen LogP contribution in [0, 0.1) is 25.5 Å². The predicted molar refractivity (Wildman–Crippen MR) is 86.2 cm³/mol. The minimum atomic E-state index is -4.25. The molecule has 0 saturated heterocycles. The molecule has 2 aromatic rings. The number of aryl methyl sites for hydroxylation is 1. The summed E-state index contributed by atoms with van der Waals surface area (Å²) < 4.78 is 59.1. The van der Waals surface area contributed by atoms with Gasteiger partial charge in [-0.2, -0.15) is 0 Å². The number of carbonyl (C=O) groups is 1. The van der Waals surface area contributed by atoms with E-state index >= 15 is 0 Å². The number of hydrogen-bond acceptors (Lipinski definition) is 4. The Kier molecular flexibility index (Phi) is 5.27. The van der Waals surface area contributed by atoms with E-state index in [2.05, 4.69) is 0 Å². The summed E-state index contributed by atoms with van der Waals surface area (Å²) in [5.41, 5.74) is 0.160. The Morgan fingerprint density at radius 1 is 1.20 bits per heavy atom. The monoisotopic (exact) mass is 371 g/mol. The highest BCUT2D eigenvalue weighted by molar-refractivity contribution is 7.92. The van der Waals surface area contributed by atoms with Crippen LogP contribution in [-0.2, 0) is 14.8 Å². The second kappa shape index (κ2) is 7.06. The third kappa shape index (κ3) is 4.24. The summed E-state index contributed by atoms with van der Waals surface area (Å²) in [5.74, 6) is -2.85. The van der Waals surface area contributed by atoms with Crippen LogP contribution in [0.2, 0.25) is 0 Å². The molecule has 134 valence electrons. The molecule has 0 saturated carbocycles. The van der Waals surface area contributed by atoms with Crippen LogP contribution in [0.4, 0.5) is 14.5 Å². The van der Waals surface area contributed by atoms with Gasteiger partial charge in [-0.25, -0.2) is 22.0 Å². The Labute approximate surface area is 143 Å². The smallest absolute Gasteiger partial charge is 0.341 e. The summed E-state index contributed by atoms with van der Waals surface area (Å²) in [6.45, 7) is 2.41. The fraction of sp³-hybridized carbons (Fsp3) is 0.188. The molecule has 25 heavy (non-hydrogen) atoms. The Hall–Kier alpha value is -2.68. The fourth-order valence-electron chi connectivity index (χ4n) is 2.23. The maximum atomic E-state index is 13.7. The maximum Gasteiger partial charge on any atom is 0.341 e. The number of carboxylic acids is 1. The number of benzene rings is 2. The highest BCUT2D eigenvalue weighted by atomic mass is 32.2. The molecule has 0 aliphatic rings. The van der Waals surface area contributed by atoms with Gasteiger partial charge in [0, 0.05) is 11.6 Å². The second-order valence-corrected chi connectivity index (χ2v) is 6.90. The first-order valence-corrected chi connectivity index (χ1v) is 8.53. The van der Waals surface area contributed by atoms with E-state index in [0.717, 1.165) is 18.2 Å². The topological polar surface area (TPSA) is 92.7 Å². The number of carboxylic acid groups (broad SMARTS) is 1. The largest absolute Gasteiger partial charge is 0.481 e. The highest BCUT2D eigenvalue weighted by Crippen LogP contribution is 2.30. The standard InChI is InChI=1S/C16H15F2NO5S/c1-9-3-6-14(10(2)16(9)24-8-15(20)21)25(22,23)19-13-7-11(17)4-5-12(13)18/h3-7,19H,8H2,1-2H3,(H,20,21). The molecule has 0 heterocycles. The van der Waals surface area contributed by atoms with Crippen LogP contribution in [0.5, 0.6) is 5.75 Å². The Morgan fingerprint density at radius 3 is 2.52 bits per heavy atom. The van der Waals surface area contributed by atoms with Gasteiger partial charge < -0.3 is 9.84 Å². The van der Waals surface area contributed by atoms with Crippen molar-refractivity contribution < 1.29 is 31.8 Å². The minimum Gasteiger partial charge on any atom is -0.481 e. The van der Waals surface area contributed by atoms with E-state index in [-0.39, 0.29) is 16.2 Å². The van der Waals surface area contributed by atoms with Crippen molar-refractivity contribution in [3.8, 4) is 5.75 Å². The van der Waals surface area contributed by atoms with Crippen LogP contribution >= 0.6 is 0 Å². The van der Waals surface area contributed by atoms with E-state index in [9.17, 15) is 22.0 Å². The zero-order valence-corrected chi connectivity index (χ0v) is 14.2. The van der Waals surface area contributed by atoms with Crippen LogP contribution in [0.25, 0.3) is 0 Å². The van der Waals surface area contributed by atoms with Crippen molar-refractivity contribution in [3.05, 3.63) is 53.1 Å². The third-order valence-corrected chi connectivity index (χ3v) is 4.87. The lowest BCUT2D eigenvalue weighted by molar-refractivity contribution is -0.139. The predicted octanol–water partition coefficient (Wildman–Crippen LogP) is 2.85. The van der Waals surface area contributed by atoms with Crippen molar-refractivity contribution >= 4 is 21.7 Å². The highest BCUT2D eigenvalue weighted by Gasteiger charge is 2.22. The van der Waals surface area contributed by atoms with Gasteiger partial charge in [0.2, 0.25) is 0 Å². The summed E-state index contributed by atoms with van der Waals surface area (Å²) >= 11 is 0. The van der Waals surface area contributed by atoms with Crippen molar-refractivity contribution in [1.29, 1.82) is 0 Å². The van der Waals surface area contributed by atoms with Crippen LogP contribution in [0.15, 0.2) is 35.2 Å². The molecule has 0 spiro atoms. The number of anilines is 1. The molecular weight excluding hydrogens is 356 g/mol. The van der Waals surface area contributed by atoms with Gasteiger partial charge in [-0.1, -0.05) is 6.07 Å². The zero-order chi connectivity index (χ0) is 18.8. The van der Waals surface area contributed by atoms with Gasteiger partial charge in [0.05, 0.1) is 10.6 Å². The first-order valence-electron chi connectivity index (χ1n) is 7.04. The molecule has 2 rings (SSSR count). The normalized spacial score (nSPS) is 11.2. The molecule has 9 heteroatoms. The summed E-state index contributed by atoms with van der Waals surface area (Å²) in [4.78, 5) is 10.4. The molecule has 0 radical (unpaired) electrons. The number of hydrogen-bond donors (Lipinski definition) is 2. The average molecular weight is 371 g/mol. The van der Waals surface area contributed by atoms with E-state index in [1.165, 1.54) is 19.1 Å². The molecule has 0 aliphatic carbocycles. The number of nitrogens with one attached hydrogen (secondary N) is 1. The van der Waals surface area contributed by atoms with Crippen LogP contribution in [-0.4, -0.2) is 26.1 Å². The maximum absolute atomic E-state index is 13.7. The third-order valence-electron chi connectivity index (χ3n) is 3.36. The van der Waals surface area contributed by atoms with E-state index in [4.69, 9.17) is 9.84 Å². The van der Waals surface area contributed by atoms with Crippen molar-refractivity contribution in [3.63, 3.8) is 0 Å².